The zero-order chi connectivity index (χ0) is 15.1. The molecule has 1 heterocycles. The van der Waals surface area contributed by atoms with Crippen molar-refractivity contribution in [1.29, 1.82) is 0 Å². The average Bonchev–Trinajstić information content (AvgIpc) is 2.71. The van der Waals surface area contributed by atoms with E-state index in [-0.39, 0.29) is 6.42 Å². The van der Waals surface area contributed by atoms with Crippen LogP contribution in [0.5, 0.6) is 0 Å². The second-order valence-electron chi connectivity index (χ2n) is 5.25. The number of rotatable bonds is 2. The highest BCUT2D eigenvalue weighted by atomic mass is 16.2. The number of carbonyl (C=O) groups excluding carboxylic acids is 3. The van der Waals surface area contributed by atoms with Crippen LogP contribution in [0.2, 0.25) is 0 Å². The third-order valence-electron chi connectivity index (χ3n) is 3.82. The van der Waals surface area contributed by atoms with Crippen LogP contribution in [0.25, 0.3) is 10.8 Å². The maximum Gasteiger partial charge on any atom is 0.269 e. The Balaban J connectivity index is 2.24. The summed E-state index contributed by atoms with van der Waals surface area (Å²) in [5.41, 5.74) is 1.61. The maximum absolute atomic E-state index is 12.5. The molecule has 0 radical (unpaired) electrons. The molecule has 0 unspecified atom stereocenters. The Bertz CT molecular complexity index is 792. The Labute approximate surface area is 122 Å². The van der Waals surface area contributed by atoms with Crippen molar-refractivity contribution in [2.75, 3.05) is 0 Å². The van der Waals surface area contributed by atoms with E-state index in [0.717, 1.165) is 21.2 Å². The highest BCUT2D eigenvalue weighted by molar-refractivity contribution is 6.32. The molecule has 1 aliphatic heterocycles. The fourth-order valence-corrected chi connectivity index (χ4v) is 2.83. The van der Waals surface area contributed by atoms with E-state index >= 15 is 0 Å². The maximum atomic E-state index is 12.5. The highest BCUT2D eigenvalue weighted by Gasteiger charge is 2.40. The van der Waals surface area contributed by atoms with E-state index in [2.05, 4.69) is 0 Å². The standard InChI is InChI=1S/C17H15NO3/c1-3-6-14(19)18-16(20)13-9-10(2)11-7-4-5-8-12(11)15(13)17(18)21/h4-5,7-9H,3,6H2,1-2H3. The highest BCUT2D eigenvalue weighted by Crippen LogP contribution is 2.32. The largest absolute Gasteiger partial charge is 0.274 e. The number of carbonyl (C=O) groups is 3. The molecule has 4 heteroatoms. The van der Waals surface area contributed by atoms with Gasteiger partial charge in [-0.05, 0) is 35.7 Å². The lowest BCUT2D eigenvalue weighted by molar-refractivity contribution is -0.126. The SMILES string of the molecule is CCCC(=O)N1C(=O)c2cc(C)c3ccccc3c2C1=O. The summed E-state index contributed by atoms with van der Waals surface area (Å²) in [4.78, 5) is 37.8. The lowest BCUT2D eigenvalue weighted by Crippen LogP contribution is -2.35. The Kier molecular flexibility index (Phi) is 3.09. The van der Waals surface area contributed by atoms with Gasteiger partial charge in [0.05, 0.1) is 11.1 Å². The number of aryl methyl sites for hydroxylation is 1. The second-order valence-corrected chi connectivity index (χ2v) is 5.25. The van der Waals surface area contributed by atoms with E-state index in [1.807, 2.05) is 38.1 Å². The Morgan fingerprint density at radius 3 is 2.43 bits per heavy atom. The first-order valence-corrected chi connectivity index (χ1v) is 7.00. The van der Waals surface area contributed by atoms with Crippen LogP contribution >= 0.6 is 0 Å². The summed E-state index contributed by atoms with van der Waals surface area (Å²) in [6, 6.07) is 9.16. The van der Waals surface area contributed by atoms with Crippen molar-refractivity contribution < 1.29 is 14.4 Å². The minimum absolute atomic E-state index is 0.197. The molecular weight excluding hydrogens is 266 g/mol. The smallest absolute Gasteiger partial charge is 0.269 e. The van der Waals surface area contributed by atoms with Crippen molar-refractivity contribution >= 4 is 28.5 Å². The first kappa shape index (κ1) is 13.5. The molecule has 2 aromatic carbocycles. The van der Waals surface area contributed by atoms with Gasteiger partial charge in [0.2, 0.25) is 5.91 Å². The minimum atomic E-state index is -0.498. The van der Waals surface area contributed by atoms with Gasteiger partial charge in [0.25, 0.3) is 11.8 Å². The van der Waals surface area contributed by atoms with Crippen molar-refractivity contribution in [3.63, 3.8) is 0 Å². The molecule has 4 nitrogen and oxygen atoms in total. The molecule has 2 aromatic rings. The van der Waals surface area contributed by atoms with Crippen molar-refractivity contribution in [1.82, 2.24) is 4.90 Å². The monoisotopic (exact) mass is 281 g/mol. The molecule has 1 aliphatic rings. The lowest BCUT2D eigenvalue weighted by Gasteiger charge is -2.10. The Morgan fingerprint density at radius 1 is 1.10 bits per heavy atom. The summed E-state index contributed by atoms with van der Waals surface area (Å²) >= 11 is 0. The van der Waals surface area contributed by atoms with Crippen molar-refractivity contribution in [2.24, 2.45) is 0 Å². The summed E-state index contributed by atoms with van der Waals surface area (Å²) in [5, 5.41) is 1.67. The fraction of sp³-hybridized carbons (Fsp3) is 0.235. The van der Waals surface area contributed by atoms with E-state index in [9.17, 15) is 14.4 Å². The molecule has 0 fully saturated rings. The van der Waals surface area contributed by atoms with Gasteiger partial charge in [0.15, 0.2) is 0 Å². The quantitative estimate of drug-likeness (QED) is 0.795. The number of fused-ring (bicyclic) bond motifs is 3. The average molecular weight is 281 g/mol. The number of imide groups is 3. The third-order valence-corrected chi connectivity index (χ3v) is 3.82. The van der Waals surface area contributed by atoms with Crippen molar-refractivity contribution in [2.45, 2.75) is 26.7 Å². The predicted octanol–water partition coefficient (Wildman–Crippen LogP) is 3.07. The van der Waals surface area contributed by atoms with Crippen LogP contribution in [-0.4, -0.2) is 22.6 Å². The number of amides is 3. The predicted molar refractivity (Wildman–Crippen MR) is 79.1 cm³/mol. The molecule has 0 saturated heterocycles. The molecule has 0 aliphatic carbocycles. The summed E-state index contributed by atoms with van der Waals surface area (Å²) in [6.45, 7) is 3.74. The molecule has 0 N–H and O–H groups in total. The zero-order valence-corrected chi connectivity index (χ0v) is 12.0. The van der Waals surface area contributed by atoms with Crippen LogP contribution in [0.1, 0.15) is 46.0 Å². The lowest BCUT2D eigenvalue weighted by atomic mass is 9.96. The summed E-state index contributed by atoms with van der Waals surface area (Å²) in [6.07, 6.45) is 0.800. The van der Waals surface area contributed by atoms with Crippen LogP contribution < -0.4 is 0 Å². The molecule has 0 aromatic heterocycles. The van der Waals surface area contributed by atoms with Gasteiger partial charge in [0.1, 0.15) is 0 Å². The molecule has 0 saturated carbocycles. The molecule has 21 heavy (non-hydrogen) atoms. The summed E-state index contributed by atoms with van der Waals surface area (Å²) in [5.74, 6) is -1.42. The molecule has 106 valence electrons. The van der Waals surface area contributed by atoms with Crippen molar-refractivity contribution in [3.8, 4) is 0 Å². The van der Waals surface area contributed by atoms with E-state index < -0.39 is 17.7 Å². The second kappa shape index (κ2) is 4.81. The number of hydrogen-bond donors (Lipinski definition) is 0. The van der Waals surface area contributed by atoms with Crippen LogP contribution in [0, 0.1) is 6.92 Å². The van der Waals surface area contributed by atoms with Crippen LogP contribution in [0.3, 0.4) is 0 Å². The van der Waals surface area contributed by atoms with Gasteiger partial charge in [-0.25, -0.2) is 4.90 Å². The first-order chi connectivity index (χ1) is 10.1. The van der Waals surface area contributed by atoms with Gasteiger partial charge in [-0.3, -0.25) is 14.4 Å². The normalized spacial score (nSPS) is 13.9. The third kappa shape index (κ3) is 1.87. The van der Waals surface area contributed by atoms with Gasteiger partial charge < -0.3 is 0 Å². The van der Waals surface area contributed by atoms with Gasteiger partial charge in [-0.15, -0.1) is 0 Å². The number of benzene rings is 2. The van der Waals surface area contributed by atoms with Crippen LogP contribution in [0.4, 0.5) is 0 Å². The molecule has 3 rings (SSSR count). The topological polar surface area (TPSA) is 54.5 Å². The Morgan fingerprint density at radius 2 is 1.76 bits per heavy atom. The van der Waals surface area contributed by atoms with Gasteiger partial charge in [-0.1, -0.05) is 31.2 Å². The molecule has 3 amide bonds. The summed E-state index contributed by atoms with van der Waals surface area (Å²) in [7, 11) is 0. The van der Waals surface area contributed by atoms with Crippen LogP contribution in [-0.2, 0) is 4.79 Å². The first-order valence-electron chi connectivity index (χ1n) is 7.00. The van der Waals surface area contributed by atoms with Gasteiger partial charge in [0, 0.05) is 6.42 Å². The minimum Gasteiger partial charge on any atom is -0.274 e. The van der Waals surface area contributed by atoms with E-state index in [1.165, 1.54) is 0 Å². The zero-order valence-electron chi connectivity index (χ0n) is 12.0. The van der Waals surface area contributed by atoms with E-state index in [1.54, 1.807) is 6.07 Å². The van der Waals surface area contributed by atoms with Gasteiger partial charge in [-0.2, -0.15) is 0 Å². The Hall–Kier alpha value is -2.49. The van der Waals surface area contributed by atoms with Gasteiger partial charge >= 0.3 is 0 Å². The van der Waals surface area contributed by atoms with Crippen molar-refractivity contribution in [3.05, 3.63) is 47.0 Å². The molecule has 0 bridgehead atoms. The number of nitrogens with zero attached hydrogens (tertiary/aromatic N) is 1. The number of hydrogen-bond acceptors (Lipinski definition) is 3. The van der Waals surface area contributed by atoms with Crippen LogP contribution in [0.15, 0.2) is 30.3 Å². The van der Waals surface area contributed by atoms with E-state index in [0.29, 0.717) is 17.5 Å². The molecule has 0 spiro atoms. The molecular formula is C17H15NO3. The summed E-state index contributed by atoms with van der Waals surface area (Å²) < 4.78 is 0. The molecule has 0 atom stereocenters. The fourth-order valence-electron chi connectivity index (χ4n) is 2.83. The van der Waals surface area contributed by atoms with E-state index in [4.69, 9.17) is 0 Å².